The van der Waals surface area contributed by atoms with Crippen LogP contribution in [0, 0.1) is 6.92 Å². The summed E-state index contributed by atoms with van der Waals surface area (Å²) in [5, 5.41) is 5.83. The van der Waals surface area contributed by atoms with Crippen LogP contribution in [-0.4, -0.2) is 37.5 Å². The second kappa shape index (κ2) is 6.72. The molecule has 2 rings (SSSR count). The lowest BCUT2D eigenvalue weighted by molar-refractivity contribution is -0.885. The Balaban J connectivity index is 1.80. The maximum absolute atomic E-state index is 12.0. The summed E-state index contributed by atoms with van der Waals surface area (Å²) < 4.78 is 0. The van der Waals surface area contributed by atoms with Gasteiger partial charge in [-0.05, 0) is 38.8 Å². The number of anilines is 1. The highest BCUT2D eigenvalue weighted by atomic mass is 16.2. The average Bonchev–Trinajstić information content (AvgIpc) is 3.24. The van der Waals surface area contributed by atoms with Gasteiger partial charge < -0.3 is 15.5 Å². The van der Waals surface area contributed by atoms with Gasteiger partial charge in [-0.2, -0.15) is 0 Å². The van der Waals surface area contributed by atoms with E-state index in [2.05, 4.69) is 10.6 Å². The van der Waals surface area contributed by atoms with E-state index in [1.54, 1.807) is 0 Å². The fraction of sp³-hybridized carbons (Fsp3) is 0.500. The first-order valence-corrected chi connectivity index (χ1v) is 7.45. The summed E-state index contributed by atoms with van der Waals surface area (Å²) in [7, 11) is 1.87. The molecule has 0 saturated heterocycles. The number of quaternary nitrogens is 1. The van der Waals surface area contributed by atoms with Crippen molar-refractivity contribution in [2.24, 2.45) is 0 Å². The molecule has 0 radical (unpaired) electrons. The minimum atomic E-state index is -0.227. The second-order valence-corrected chi connectivity index (χ2v) is 5.94. The van der Waals surface area contributed by atoms with Gasteiger partial charge in [-0.3, -0.25) is 9.59 Å². The van der Waals surface area contributed by atoms with Crippen LogP contribution in [0.1, 0.15) is 25.3 Å². The van der Waals surface area contributed by atoms with Gasteiger partial charge in [-0.15, -0.1) is 0 Å². The standard InChI is InChI=1S/C16H23N3O2/c1-11-4-6-13(7-5-11)17-15(20)10-19(3)12(2)16(21)18-14-8-9-14/h4-7,12,14H,8-10H2,1-3H3,(H,17,20)(H,18,21)/p+1/t12-/m0/s1. The normalized spacial score (nSPS) is 16.9. The molecule has 5 heteroatoms. The highest BCUT2D eigenvalue weighted by Crippen LogP contribution is 2.18. The first-order chi connectivity index (χ1) is 9.95. The fourth-order valence-corrected chi connectivity index (χ4v) is 2.03. The summed E-state index contributed by atoms with van der Waals surface area (Å²) in [4.78, 5) is 24.8. The molecule has 0 bridgehead atoms. The van der Waals surface area contributed by atoms with Gasteiger partial charge in [0.1, 0.15) is 0 Å². The largest absolute Gasteiger partial charge is 0.348 e. The zero-order valence-electron chi connectivity index (χ0n) is 12.9. The molecule has 1 aliphatic carbocycles. The van der Waals surface area contributed by atoms with E-state index in [1.165, 1.54) is 0 Å². The first kappa shape index (κ1) is 15.5. The summed E-state index contributed by atoms with van der Waals surface area (Å²) in [5.41, 5.74) is 1.94. The Morgan fingerprint density at radius 1 is 1.29 bits per heavy atom. The SMILES string of the molecule is Cc1ccc(NC(=O)C[NH+](C)[C@@H](C)C(=O)NC2CC2)cc1. The summed E-state index contributed by atoms with van der Waals surface area (Å²) in [6.45, 7) is 4.13. The van der Waals surface area contributed by atoms with Crippen molar-refractivity contribution in [1.82, 2.24) is 5.32 Å². The molecule has 2 atom stereocenters. The van der Waals surface area contributed by atoms with E-state index in [0.717, 1.165) is 29.0 Å². The van der Waals surface area contributed by atoms with Crippen LogP contribution in [0.2, 0.25) is 0 Å². The molecule has 1 saturated carbocycles. The van der Waals surface area contributed by atoms with E-state index in [9.17, 15) is 9.59 Å². The van der Waals surface area contributed by atoms with Crippen molar-refractivity contribution in [2.45, 2.75) is 38.8 Å². The minimum Gasteiger partial charge on any atom is -0.348 e. The lowest BCUT2D eigenvalue weighted by atomic mass is 10.2. The highest BCUT2D eigenvalue weighted by Gasteiger charge is 2.29. The quantitative estimate of drug-likeness (QED) is 0.696. The maximum atomic E-state index is 12.0. The lowest BCUT2D eigenvalue weighted by Crippen LogP contribution is -3.15. The van der Waals surface area contributed by atoms with Gasteiger partial charge in [0.05, 0.1) is 7.05 Å². The van der Waals surface area contributed by atoms with Gasteiger partial charge in [0.2, 0.25) is 0 Å². The molecule has 5 nitrogen and oxygen atoms in total. The molecule has 1 fully saturated rings. The fourth-order valence-electron chi connectivity index (χ4n) is 2.03. The van der Waals surface area contributed by atoms with Gasteiger partial charge in [-0.1, -0.05) is 17.7 Å². The average molecular weight is 290 g/mol. The number of carbonyl (C=O) groups is 2. The molecule has 0 aliphatic heterocycles. The van der Waals surface area contributed by atoms with Crippen LogP contribution >= 0.6 is 0 Å². The predicted octanol–water partition coefficient (Wildman–Crippen LogP) is 0.115. The summed E-state index contributed by atoms with van der Waals surface area (Å²) in [5.74, 6) is -0.0550. The topological polar surface area (TPSA) is 62.6 Å². The Hall–Kier alpha value is -1.88. The second-order valence-electron chi connectivity index (χ2n) is 5.94. The number of hydrogen-bond acceptors (Lipinski definition) is 2. The van der Waals surface area contributed by atoms with Gasteiger partial charge in [0.25, 0.3) is 11.8 Å². The molecule has 3 N–H and O–H groups in total. The van der Waals surface area contributed by atoms with Crippen molar-refractivity contribution < 1.29 is 14.5 Å². The summed E-state index contributed by atoms with van der Waals surface area (Å²) in [6, 6.07) is 7.80. The third kappa shape index (κ3) is 4.86. The molecule has 0 heterocycles. The highest BCUT2D eigenvalue weighted by molar-refractivity contribution is 5.91. The molecule has 1 aliphatic rings. The van der Waals surface area contributed by atoms with Crippen LogP contribution < -0.4 is 15.5 Å². The summed E-state index contributed by atoms with van der Waals surface area (Å²) in [6.07, 6.45) is 2.15. The maximum Gasteiger partial charge on any atom is 0.279 e. The number of amides is 2. The van der Waals surface area contributed by atoms with Gasteiger partial charge in [-0.25, -0.2) is 0 Å². The van der Waals surface area contributed by atoms with Crippen molar-refractivity contribution in [1.29, 1.82) is 0 Å². The van der Waals surface area contributed by atoms with Crippen molar-refractivity contribution in [3.05, 3.63) is 29.8 Å². The van der Waals surface area contributed by atoms with Crippen LogP contribution in [0.5, 0.6) is 0 Å². The monoisotopic (exact) mass is 290 g/mol. The molecule has 1 aromatic carbocycles. The molecular weight excluding hydrogens is 266 g/mol. The number of aryl methyl sites for hydroxylation is 1. The molecule has 21 heavy (non-hydrogen) atoms. The van der Waals surface area contributed by atoms with E-state index in [0.29, 0.717) is 6.04 Å². The molecule has 2 amide bonds. The van der Waals surface area contributed by atoms with Crippen LogP contribution in [0.3, 0.4) is 0 Å². The third-order valence-corrected chi connectivity index (χ3v) is 3.83. The molecule has 0 aromatic heterocycles. The molecule has 1 aromatic rings. The predicted molar refractivity (Wildman–Crippen MR) is 82.2 cm³/mol. The lowest BCUT2D eigenvalue weighted by Gasteiger charge is -2.20. The number of rotatable bonds is 6. The molecule has 1 unspecified atom stereocenters. The Morgan fingerprint density at radius 3 is 2.48 bits per heavy atom. The van der Waals surface area contributed by atoms with Crippen LogP contribution in [0.15, 0.2) is 24.3 Å². The van der Waals surface area contributed by atoms with Crippen LogP contribution in [0.25, 0.3) is 0 Å². The third-order valence-electron chi connectivity index (χ3n) is 3.83. The first-order valence-electron chi connectivity index (χ1n) is 7.45. The number of likely N-dealkylation sites (N-methyl/N-ethyl adjacent to an activating group) is 1. The van der Waals surface area contributed by atoms with E-state index in [-0.39, 0.29) is 24.4 Å². The van der Waals surface area contributed by atoms with E-state index in [1.807, 2.05) is 45.2 Å². The Labute approximate surface area is 125 Å². The number of hydrogen-bond donors (Lipinski definition) is 3. The Bertz CT molecular complexity index is 509. The Morgan fingerprint density at radius 2 is 1.90 bits per heavy atom. The Kier molecular flexibility index (Phi) is 4.96. The summed E-state index contributed by atoms with van der Waals surface area (Å²) >= 11 is 0. The van der Waals surface area contributed by atoms with E-state index in [4.69, 9.17) is 0 Å². The number of benzene rings is 1. The van der Waals surface area contributed by atoms with Crippen molar-refractivity contribution in [2.75, 3.05) is 18.9 Å². The molecule has 114 valence electrons. The van der Waals surface area contributed by atoms with Crippen LogP contribution in [0.4, 0.5) is 5.69 Å². The van der Waals surface area contributed by atoms with Crippen molar-refractivity contribution >= 4 is 17.5 Å². The zero-order valence-corrected chi connectivity index (χ0v) is 12.9. The minimum absolute atomic E-state index is 0.0261. The van der Waals surface area contributed by atoms with E-state index >= 15 is 0 Å². The van der Waals surface area contributed by atoms with Gasteiger partial charge >= 0.3 is 0 Å². The van der Waals surface area contributed by atoms with Crippen molar-refractivity contribution in [3.63, 3.8) is 0 Å². The van der Waals surface area contributed by atoms with Crippen LogP contribution in [-0.2, 0) is 9.59 Å². The van der Waals surface area contributed by atoms with E-state index < -0.39 is 0 Å². The smallest absolute Gasteiger partial charge is 0.279 e. The van der Waals surface area contributed by atoms with Gasteiger partial charge in [0.15, 0.2) is 12.6 Å². The van der Waals surface area contributed by atoms with Gasteiger partial charge in [0, 0.05) is 11.7 Å². The van der Waals surface area contributed by atoms with Crippen molar-refractivity contribution in [3.8, 4) is 0 Å². The zero-order chi connectivity index (χ0) is 15.4. The molecular formula is C16H24N3O2+. The number of nitrogens with one attached hydrogen (secondary N) is 3. The number of carbonyl (C=O) groups excluding carboxylic acids is 2. The molecule has 0 spiro atoms.